The van der Waals surface area contributed by atoms with Gasteiger partial charge in [0.1, 0.15) is 6.04 Å². The van der Waals surface area contributed by atoms with Crippen LogP contribution in [-0.4, -0.2) is 33.7 Å². The number of hydrogen-bond acceptors (Lipinski definition) is 4. The Morgan fingerprint density at radius 2 is 2.36 bits per heavy atom. The van der Waals surface area contributed by atoms with Crippen LogP contribution in [0.4, 0.5) is 0 Å². The van der Waals surface area contributed by atoms with E-state index in [4.69, 9.17) is 16.0 Å². The lowest BCUT2D eigenvalue weighted by atomic mass is 10.2. The molecule has 7 nitrogen and oxygen atoms in total. The standard InChI is InChI=1S/C4H9N3O4/c5-3(4(8)9)1-2-7(11)6-10/h3,10H,1-2,5H2,(H,8,9)/b7-6-. The van der Waals surface area contributed by atoms with Crippen molar-refractivity contribution in [3.63, 3.8) is 0 Å². The van der Waals surface area contributed by atoms with Gasteiger partial charge in [-0.1, -0.05) is 4.86 Å². The van der Waals surface area contributed by atoms with Crippen molar-refractivity contribution in [3.05, 3.63) is 5.21 Å². The Morgan fingerprint density at radius 3 is 2.73 bits per heavy atom. The number of rotatable bonds is 4. The van der Waals surface area contributed by atoms with Crippen molar-refractivity contribution in [1.82, 2.24) is 0 Å². The number of hydrogen-bond donors (Lipinski definition) is 3. The van der Waals surface area contributed by atoms with Gasteiger partial charge in [-0.25, -0.2) is 0 Å². The summed E-state index contributed by atoms with van der Waals surface area (Å²) in [5.74, 6) is -1.18. The molecular weight excluding hydrogens is 154 g/mol. The first-order chi connectivity index (χ1) is 5.07. The first-order valence-electron chi connectivity index (χ1n) is 2.86. The van der Waals surface area contributed by atoms with E-state index in [2.05, 4.69) is 5.28 Å². The van der Waals surface area contributed by atoms with E-state index in [1.165, 1.54) is 0 Å². The lowest BCUT2D eigenvalue weighted by molar-refractivity contribution is -0.556. The van der Waals surface area contributed by atoms with E-state index < -0.39 is 12.0 Å². The third-order valence-corrected chi connectivity index (χ3v) is 1.05. The van der Waals surface area contributed by atoms with Gasteiger partial charge in [-0.2, -0.15) is 0 Å². The molecule has 0 saturated carbocycles. The van der Waals surface area contributed by atoms with E-state index in [9.17, 15) is 10.0 Å². The molecule has 11 heavy (non-hydrogen) atoms. The van der Waals surface area contributed by atoms with Crippen LogP contribution in [0.1, 0.15) is 6.42 Å². The van der Waals surface area contributed by atoms with E-state index in [0.717, 1.165) is 0 Å². The molecule has 0 aliphatic heterocycles. The zero-order chi connectivity index (χ0) is 8.85. The van der Waals surface area contributed by atoms with Gasteiger partial charge in [0.2, 0.25) is 0 Å². The lowest BCUT2D eigenvalue weighted by Gasteiger charge is -2.02. The van der Waals surface area contributed by atoms with Crippen molar-refractivity contribution >= 4 is 5.97 Å². The Kier molecular flexibility index (Phi) is 3.89. The summed E-state index contributed by atoms with van der Waals surface area (Å²) >= 11 is 0. The van der Waals surface area contributed by atoms with Crippen LogP contribution in [0, 0.1) is 5.21 Å². The van der Waals surface area contributed by atoms with Crippen LogP contribution in [0.25, 0.3) is 0 Å². The summed E-state index contributed by atoms with van der Waals surface area (Å²) in [7, 11) is 0. The predicted molar refractivity (Wildman–Crippen MR) is 32.9 cm³/mol. The molecule has 0 rings (SSSR count). The number of hydroxylamine groups is 1. The van der Waals surface area contributed by atoms with Gasteiger partial charge < -0.3 is 21.3 Å². The fourth-order valence-corrected chi connectivity index (χ4v) is 0.418. The summed E-state index contributed by atoms with van der Waals surface area (Å²) in [5.41, 5.74) is 5.03. The van der Waals surface area contributed by atoms with Gasteiger partial charge in [-0.3, -0.25) is 4.79 Å². The van der Waals surface area contributed by atoms with Crippen molar-refractivity contribution in [1.29, 1.82) is 0 Å². The van der Waals surface area contributed by atoms with Gasteiger partial charge >= 0.3 is 5.97 Å². The second kappa shape index (κ2) is 4.45. The quantitative estimate of drug-likeness (QED) is 0.283. The van der Waals surface area contributed by atoms with Gasteiger partial charge in [0.05, 0.1) is 0 Å². The van der Waals surface area contributed by atoms with Gasteiger partial charge in [-0.05, 0) is 0 Å². The maximum atomic E-state index is 10.2. The fourth-order valence-electron chi connectivity index (χ4n) is 0.418. The van der Waals surface area contributed by atoms with E-state index in [0.29, 0.717) is 0 Å². The van der Waals surface area contributed by atoms with Crippen LogP contribution in [0.5, 0.6) is 0 Å². The van der Waals surface area contributed by atoms with E-state index in [1.54, 1.807) is 0 Å². The van der Waals surface area contributed by atoms with Crippen LogP contribution >= 0.6 is 0 Å². The average molecular weight is 163 g/mol. The number of nitrogens with two attached hydrogens (primary N) is 1. The summed E-state index contributed by atoms with van der Waals surface area (Å²) in [6.45, 7) is -0.232. The minimum Gasteiger partial charge on any atom is -0.597 e. The molecule has 0 aromatic heterocycles. The molecule has 0 bridgehead atoms. The minimum atomic E-state index is -1.18. The van der Waals surface area contributed by atoms with Crippen LogP contribution in [-0.2, 0) is 4.79 Å². The van der Waals surface area contributed by atoms with Crippen LogP contribution in [0.15, 0.2) is 5.28 Å². The largest absolute Gasteiger partial charge is 0.597 e. The molecule has 0 saturated heterocycles. The molecule has 7 heteroatoms. The first-order valence-corrected chi connectivity index (χ1v) is 2.86. The van der Waals surface area contributed by atoms with Crippen LogP contribution in [0.2, 0.25) is 0 Å². The summed E-state index contributed by atoms with van der Waals surface area (Å²) in [4.78, 5) is 10.0. The minimum absolute atomic E-state index is 0.0389. The molecule has 0 aliphatic rings. The number of aliphatic carboxylic acids is 1. The summed E-state index contributed by atoms with van der Waals surface area (Å²) < 4.78 is 0. The topological polar surface area (TPSA) is 122 Å². The van der Waals surface area contributed by atoms with Crippen molar-refractivity contribution < 1.29 is 20.0 Å². The summed E-state index contributed by atoms with van der Waals surface area (Å²) in [5, 5.41) is 28.5. The first kappa shape index (κ1) is 9.63. The Balaban J connectivity index is 3.62. The monoisotopic (exact) mass is 163 g/mol. The van der Waals surface area contributed by atoms with Gasteiger partial charge in [0, 0.05) is 6.42 Å². The lowest BCUT2D eigenvalue weighted by Crippen LogP contribution is -2.32. The molecule has 0 aromatic rings. The highest BCUT2D eigenvalue weighted by Crippen LogP contribution is 1.88. The van der Waals surface area contributed by atoms with Gasteiger partial charge in [0.25, 0.3) is 0 Å². The third-order valence-electron chi connectivity index (χ3n) is 1.05. The van der Waals surface area contributed by atoms with Crippen molar-refractivity contribution in [2.75, 3.05) is 6.54 Å². The molecule has 64 valence electrons. The third kappa shape index (κ3) is 4.09. The highest BCUT2D eigenvalue weighted by Gasteiger charge is 2.13. The van der Waals surface area contributed by atoms with Crippen LogP contribution in [0.3, 0.4) is 0 Å². The number of carboxylic acids is 1. The Hall–Kier alpha value is -1.37. The SMILES string of the molecule is NC(CC/[N+]([O-])=N/O)C(=O)O. The fraction of sp³-hybridized carbons (Fsp3) is 0.750. The summed E-state index contributed by atoms with van der Waals surface area (Å²) in [6.07, 6.45) is -0.0527. The van der Waals surface area contributed by atoms with Gasteiger partial charge in [-0.15, -0.1) is 0 Å². The number of carboxylic acid groups (broad SMARTS) is 1. The molecule has 0 heterocycles. The maximum Gasteiger partial charge on any atom is 0.320 e. The second-order valence-corrected chi connectivity index (χ2v) is 1.90. The molecule has 0 aliphatic carbocycles. The molecule has 0 aromatic carbocycles. The highest BCUT2D eigenvalue weighted by molar-refractivity contribution is 5.72. The molecule has 1 unspecified atom stereocenters. The molecule has 0 spiro atoms. The normalized spacial score (nSPS) is 14.5. The predicted octanol–water partition coefficient (Wildman–Crippen LogP) is -0.860. The molecular formula is C4H9N3O4. The number of carbonyl (C=O) groups is 1. The number of nitrogens with zero attached hydrogens (tertiary/aromatic N) is 2. The van der Waals surface area contributed by atoms with Crippen molar-refractivity contribution in [3.8, 4) is 0 Å². The zero-order valence-corrected chi connectivity index (χ0v) is 5.67. The van der Waals surface area contributed by atoms with Crippen molar-refractivity contribution in [2.24, 2.45) is 11.0 Å². The molecule has 4 N–H and O–H groups in total. The highest BCUT2D eigenvalue weighted by atomic mass is 16.6. The summed E-state index contributed by atoms with van der Waals surface area (Å²) in [6, 6.07) is -1.09. The van der Waals surface area contributed by atoms with Gasteiger partial charge in [0.15, 0.2) is 11.8 Å². The second-order valence-electron chi connectivity index (χ2n) is 1.90. The Morgan fingerprint density at radius 1 is 1.82 bits per heavy atom. The maximum absolute atomic E-state index is 10.2. The van der Waals surface area contributed by atoms with E-state index in [-0.39, 0.29) is 17.8 Å². The molecule has 0 radical (unpaired) electrons. The molecule has 0 fully saturated rings. The van der Waals surface area contributed by atoms with E-state index in [1.807, 2.05) is 0 Å². The molecule has 1 atom stereocenters. The Bertz CT molecular complexity index is 169. The Labute approximate surface area is 62.3 Å². The average Bonchev–Trinajstić information content (AvgIpc) is 1.99. The van der Waals surface area contributed by atoms with Crippen molar-refractivity contribution in [2.45, 2.75) is 12.5 Å². The smallest absolute Gasteiger partial charge is 0.320 e. The van der Waals surface area contributed by atoms with E-state index >= 15 is 0 Å². The molecule has 0 amide bonds. The zero-order valence-electron chi connectivity index (χ0n) is 5.67. The van der Waals surface area contributed by atoms with Crippen LogP contribution < -0.4 is 5.73 Å².